The molecule has 4 N–H and O–H groups in total. The van der Waals surface area contributed by atoms with Crippen molar-refractivity contribution in [2.24, 2.45) is 0 Å². The summed E-state index contributed by atoms with van der Waals surface area (Å²) in [7, 11) is 0. The number of aliphatic carboxylic acids is 4. The van der Waals surface area contributed by atoms with Crippen LogP contribution in [0.3, 0.4) is 0 Å². The van der Waals surface area contributed by atoms with Crippen LogP contribution in [0.1, 0.15) is 0 Å². The quantitative estimate of drug-likeness (QED) is 0.447. The summed E-state index contributed by atoms with van der Waals surface area (Å²) < 4.78 is 0. The molecule has 0 rings (SSSR count). The van der Waals surface area contributed by atoms with E-state index in [1.165, 1.54) is 0 Å². The van der Waals surface area contributed by atoms with E-state index < -0.39 is 23.9 Å². The molecule has 0 amide bonds. The summed E-state index contributed by atoms with van der Waals surface area (Å²) in [5.41, 5.74) is 0. The average molecular weight is 314 g/mol. The van der Waals surface area contributed by atoms with Crippen molar-refractivity contribution >= 4 is 23.9 Å². The maximum Gasteiger partial charge on any atom is 0.327 e. The van der Waals surface area contributed by atoms with Crippen molar-refractivity contribution in [3.05, 3.63) is 50.6 Å². The molecular formula is C14H18O8. The molecule has 0 aliphatic rings. The summed E-state index contributed by atoms with van der Waals surface area (Å²) in [5, 5.41) is 30.4. The fraction of sp³-hybridized carbons (Fsp3) is 0. The van der Waals surface area contributed by atoms with Gasteiger partial charge in [-0.05, 0) is 0 Å². The summed E-state index contributed by atoms with van der Waals surface area (Å²) in [4.78, 5) is 37.0. The number of terminal acetylenes is 1. The van der Waals surface area contributed by atoms with Crippen molar-refractivity contribution in [3.8, 4) is 12.8 Å². The van der Waals surface area contributed by atoms with Gasteiger partial charge < -0.3 is 20.4 Å². The largest absolute Gasteiger partial charge is 0.478 e. The van der Waals surface area contributed by atoms with Crippen LogP contribution in [0, 0.1) is 12.8 Å². The Morgan fingerprint density at radius 2 is 0.591 bits per heavy atom. The van der Waals surface area contributed by atoms with Crippen LogP contribution in [0.4, 0.5) is 0 Å². The maximum absolute atomic E-state index is 9.25. The molecule has 122 valence electrons. The molecule has 0 radical (unpaired) electrons. The topological polar surface area (TPSA) is 149 Å². The van der Waals surface area contributed by atoms with E-state index in [1.807, 2.05) is 0 Å². The fourth-order valence-corrected chi connectivity index (χ4v) is 0. The van der Waals surface area contributed by atoms with E-state index in [-0.39, 0.29) is 0 Å². The van der Waals surface area contributed by atoms with E-state index in [0.29, 0.717) is 0 Å². The van der Waals surface area contributed by atoms with Crippen LogP contribution in [0.25, 0.3) is 0 Å². The standard InChI is InChI=1S/4C3H4O2.C2H2/c4*1-2-3(4)5;1-2/h4*2H,1H2,(H,4,5);1-2H. The summed E-state index contributed by atoms with van der Waals surface area (Å²) in [6.45, 7) is 11.8. The highest BCUT2D eigenvalue weighted by atomic mass is 16.4. The van der Waals surface area contributed by atoms with E-state index in [1.54, 1.807) is 0 Å². The molecule has 0 spiro atoms. The lowest BCUT2D eigenvalue weighted by molar-refractivity contribution is -0.132. The minimum atomic E-state index is -0.981. The van der Waals surface area contributed by atoms with Crippen LogP contribution in [0.5, 0.6) is 0 Å². The van der Waals surface area contributed by atoms with Crippen LogP contribution in [0.2, 0.25) is 0 Å². The van der Waals surface area contributed by atoms with Crippen molar-refractivity contribution in [3.63, 3.8) is 0 Å². The summed E-state index contributed by atoms with van der Waals surface area (Å²) in [6.07, 6.45) is 11.3. The Balaban J connectivity index is -0.0000000562. The van der Waals surface area contributed by atoms with Crippen molar-refractivity contribution in [1.29, 1.82) is 0 Å². The van der Waals surface area contributed by atoms with Crippen LogP contribution in [-0.2, 0) is 19.2 Å². The Morgan fingerprint density at radius 3 is 0.591 bits per heavy atom. The summed E-state index contributed by atoms with van der Waals surface area (Å²) in [6, 6.07) is 0. The highest BCUT2D eigenvalue weighted by molar-refractivity contribution is 5.79. The molecule has 22 heavy (non-hydrogen) atoms. The third kappa shape index (κ3) is 201. The average Bonchev–Trinajstić information content (AvgIpc) is 2.50. The molecule has 0 aliphatic heterocycles. The van der Waals surface area contributed by atoms with Crippen LogP contribution < -0.4 is 0 Å². The highest BCUT2D eigenvalue weighted by Crippen LogP contribution is 1.56. The smallest absolute Gasteiger partial charge is 0.327 e. The molecule has 0 aliphatic carbocycles. The first kappa shape index (κ1) is 31.0. The second-order valence-electron chi connectivity index (χ2n) is 2.17. The van der Waals surface area contributed by atoms with Gasteiger partial charge in [0.1, 0.15) is 0 Å². The van der Waals surface area contributed by atoms with E-state index in [9.17, 15) is 19.2 Å². The minimum absolute atomic E-state index is 0.833. The molecule has 0 atom stereocenters. The Hall–Kier alpha value is -3.60. The first-order valence-corrected chi connectivity index (χ1v) is 4.83. The van der Waals surface area contributed by atoms with Gasteiger partial charge >= 0.3 is 23.9 Å². The molecule has 0 aromatic carbocycles. The van der Waals surface area contributed by atoms with E-state index >= 15 is 0 Å². The molecule has 8 nitrogen and oxygen atoms in total. The summed E-state index contributed by atoms with van der Waals surface area (Å²) in [5.74, 6) is -3.93. The zero-order valence-corrected chi connectivity index (χ0v) is 11.7. The molecule has 0 saturated heterocycles. The fourth-order valence-electron chi connectivity index (χ4n) is 0. The SMILES string of the molecule is C#C.C=CC(=O)O.C=CC(=O)O.C=CC(=O)O.C=CC(=O)O. The van der Waals surface area contributed by atoms with Crippen molar-refractivity contribution in [2.45, 2.75) is 0 Å². The number of rotatable bonds is 4. The number of carbonyl (C=O) groups is 4. The van der Waals surface area contributed by atoms with Gasteiger partial charge in [-0.2, -0.15) is 0 Å². The predicted octanol–water partition coefficient (Wildman–Crippen LogP) is 1.28. The molecule has 8 heteroatoms. The Morgan fingerprint density at radius 1 is 0.545 bits per heavy atom. The van der Waals surface area contributed by atoms with Gasteiger partial charge in [0.05, 0.1) is 0 Å². The molecule has 0 heterocycles. The number of carboxylic acids is 4. The lowest BCUT2D eigenvalue weighted by atomic mass is 10.7. The van der Waals surface area contributed by atoms with Crippen LogP contribution in [0.15, 0.2) is 50.6 Å². The number of carboxylic acid groups (broad SMARTS) is 4. The first-order valence-electron chi connectivity index (χ1n) is 4.83. The molecular weight excluding hydrogens is 296 g/mol. The summed E-state index contributed by atoms with van der Waals surface area (Å²) >= 11 is 0. The molecule has 0 saturated carbocycles. The molecule has 0 fully saturated rings. The Labute approximate surface area is 128 Å². The number of hydrogen-bond donors (Lipinski definition) is 4. The van der Waals surface area contributed by atoms with Crippen molar-refractivity contribution in [2.75, 3.05) is 0 Å². The third-order valence-electron chi connectivity index (χ3n) is 0.698. The second kappa shape index (κ2) is 30.4. The monoisotopic (exact) mass is 314 g/mol. The van der Waals surface area contributed by atoms with Crippen LogP contribution in [-0.4, -0.2) is 44.3 Å². The molecule has 0 bridgehead atoms. The van der Waals surface area contributed by atoms with E-state index in [4.69, 9.17) is 20.4 Å². The van der Waals surface area contributed by atoms with E-state index in [2.05, 4.69) is 39.2 Å². The van der Waals surface area contributed by atoms with Gasteiger partial charge in [0, 0.05) is 24.3 Å². The molecule has 0 aromatic heterocycles. The van der Waals surface area contributed by atoms with Gasteiger partial charge in [0.15, 0.2) is 0 Å². The Bertz CT molecular complexity index is 332. The van der Waals surface area contributed by atoms with Gasteiger partial charge in [-0.1, -0.05) is 26.3 Å². The Kier molecular flexibility index (Phi) is 42.9. The zero-order valence-electron chi connectivity index (χ0n) is 11.7. The third-order valence-corrected chi connectivity index (χ3v) is 0.698. The molecule has 0 aromatic rings. The zero-order chi connectivity index (χ0) is 19.1. The highest BCUT2D eigenvalue weighted by Gasteiger charge is 1.74. The lowest BCUT2D eigenvalue weighted by Crippen LogP contribution is -1.82. The predicted molar refractivity (Wildman–Crippen MR) is 81.2 cm³/mol. The number of hydrogen-bond acceptors (Lipinski definition) is 4. The van der Waals surface area contributed by atoms with Gasteiger partial charge in [-0.25, -0.2) is 19.2 Å². The van der Waals surface area contributed by atoms with Gasteiger partial charge in [-0.3, -0.25) is 0 Å². The lowest BCUT2D eigenvalue weighted by Gasteiger charge is -1.64. The molecule has 0 unspecified atom stereocenters. The van der Waals surface area contributed by atoms with Crippen molar-refractivity contribution < 1.29 is 39.6 Å². The van der Waals surface area contributed by atoms with Gasteiger partial charge in [0.25, 0.3) is 0 Å². The minimum Gasteiger partial charge on any atom is -0.478 e. The van der Waals surface area contributed by atoms with Gasteiger partial charge in [-0.15, -0.1) is 12.8 Å². The maximum atomic E-state index is 9.25. The van der Waals surface area contributed by atoms with Gasteiger partial charge in [0.2, 0.25) is 0 Å². The second-order valence-corrected chi connectivity index (χ2v) is 2.17. The van der Waals surface area contributed by atoms with Crippen molar-refractivity contribution in [1.82, 2.24) is 0 Å². The normalized spacial score (nSPS) is 5.91. The van der Waals surface area contributed by atoms with Crippen LogP contribution >= 0.6 is 0 Å². The first-order chi connectivity index (χ1) is 10.1. The van der Waals surface area contributed by atoms with E-state index in [0.717, 1.165) is 24.3 Å².